The minimum absolute atomic E-state index is 0.197. The van der Waals surface area contributed by atoms with Crippen LogP contribution in [0.1, 0.15) is 31.1 Å². The number of nitrogens with one attached hydrogen (secondary N) is 1. The number of hydrogen-bond acceptors (Lipinski definition) is 8. The molecule has 164 valence electrons. The third-order valence-corrected chi connectivity index (χ3v) is 4.97. The number of carbonyl (C=O) groups excluding carboxylic acids is 2. The third kappa shape index (κ3) is 5.64. The molecule has 0 aliphatic heterocycles. The van der Waals surface area contributed by atoms with Crippen molar-refractivity contribution in [2.45, 2.75) is 20.8 Å². The summed E-state index contributed by atoms with van der Waals surface area (Å²) < 4.78 is 23.0. The molecule has 0 spiro atoms. The molecule has 0 radical (unpaired) electrons. The number of anilines is 1. The lowest BCUT2D eigenvalue weighted by Crippen LogP contribution is -2.21. The first kappa shape index (κ1) is 22.4. The number of nitrogens with zero attached hydrogens (tertiary/aromatic N) is 1. The molecule has 0 saturated heterocycles. The number of amides is 1. The van der Waals surface area contributed by atoms with Crippen LogP contribution in [0.15, 0.2) is 36.4 Å². The van der Waals surface area contributed by atoms with Crippen LogP contribution in [0.2, 0.25) is 0 Å². The van der Waals surface area contributed by atoms with Crippen molar-refractivity contribution in [2.24, 2.45) is 0 Å². The SMILES string of the molecule is CCOc1cc(C(=O)OCC(=O)Nc2nc3ccccc3s2)cc(OCC)c1OCC. The van der Waals surface area contributed by atoms with E-state index in [0.29, 0.717) is 42.2 Å². The second-order valence-corrected chi connectivity index (χ2v) is 7.24. The van der Waals surface area contributed by atoms with Crippen LogP contribution in [0, 0.1) is 0 Å². The van der Waals surface area contributed by atoms with Gasteiger partial charge >= 0.3 is 5.97 Å². The Labute approximate surface area is 184 Å². The Morgan fingerprint density at radius 1 is 0.968 bits per heavy atom. The van der Waals surface area contributed by atoms with E-state index < -0.39 is 18.5 Å². The van der Waals surface area contributed by atoms with Gasteiger partial charge in [0.1, 0.15) is 0 Å². The molecule has 8 nitrogen and oxygen atoms in total. The summed E-state index contributed by atoms with van der Waals surface area (Å²) in [5.74, 6) is 0.0245. The van der Waals surface area contributed by atoms with E-state index in [1.54, 1.807) is 0 Å². The Hall–Kier alpha value is -3.33. The van der Waals surface area contributed by atoms with E-state index in [4.69, 9.17) is 18.9 Å². The summed E-state index contributed by atoms with van der Waals surface area (Å²) in [6.07, 6.45) is 0. The molecule has 0 saturated carbocycles. The molecule has 2 aromatic carbocycles. The maximum absolute atomic E-state index is 12.6. The van der Waals surface area contributed by atoms with Crippen molar-refractivity contribution >= 4 is 38.6 Å². The van der Waals surface area contributed by atoms with Crippen molar-refractivity contribution in [1.29, 1.82) is 0 Å². The Kier molecular flexibility index (Phi) is 7.66. The molecule has 0 atom stereocenters. The molecule has 0 fully saturated rings. The van der Waals surface area contributed by atoms with E-state index in [1.807, 2.05) is 45.0 Å². The quantitative estimate of drug-likeness (QED) is 0.466. The summed E-state index contributed by atoms with van der Waals surface area (Å²) in [5, 5.41) is 3.09. The van der Waals surface area contributed by atoms with Crippen LogP contribution >= 0.6 is 11.3 Å². The molecule has 0 unspecified atom stereocenters. The lowest BCUT2D eigenvalue weighted by atomic mass is 10.2. The van der Waals surface area contributed by atoms with Crippen LogP contribution in [0.3, 0.4) is 0 Å². The third-order valence-electron chi connectivity index (χ3n) is 4.02. The molecule has 0 aliphatic rings. The number of aromatic nitrogens is 1. The average Bonchev–Trinajstić information content (AvgIpc) is 3.16. The molecule has 3 rings (SSSR count). The van der Waals surface area contributed by atoms with Gasteiger partial charge in [0, 0.05) is 0 Å². The topological polar surface area (TPSA) is 96.0 Å². The number of hydrogen-bond donors (Lipinski definition) is 1. The smallest absolute Gasteiger partial charge is 0.338 e. The van der Waals surface area contributed by atoms with E-state index in [1.165, 1.54) is 23.5 Å². The van der Waals surface area contributed by atoms with E-state index >= 15 is 0 Å². The van der Waals surface area contributed by atoms with Crippen molar-refractivity contribution in [3.05, 3.63) is 42.0 Å². The number of thiazole rings is 1. The predicted octanol–water partition coefficient (Wildman–Crippen LogP) is 4.29. The molecule has 3 aromatic rings. The highest BCUT2D eigenvalue weighted by atomic mass is 32.1. The lowest BCUT2D eigenvalue weighted by molar-refractivity contribution is -0.119. The van der Waals surface area contributed by atoms with Crippen LogP contribution in [0.5, 0.6) is 17.2 Å². The van der Waals surface area contributed by atoms with Crippen LogP contribution < -0.4 is 19.5 Å². The van der Waals surface area contributed by atoms with E-state index in [9.17, 15) is 9.59 Å². The van der Waals surface area contributed by atoms with Crippen molar-refractivity contribution in [1.82, 2.24) is 4.98 Å². The van der Waals surface area contributed by atoms with Gasteiger partial charge in [-0.15, -0.1) is 0 Å². The minimum Gasteiger partial charge on any atom is -0.490 e. The summed E-state index contributed by atoms with van der Waals surface area (Å²) in [7, 11) is 0. The van der Waals surface area contributed by atoms with E-state index in [-0.39, 0.29) is 5.56 Å². The summed E-state index contributed by atoms with van der Waals surface area (Å²) >= 11 is 1.35. The zero-order valence-corrected chi connectivity index (χ0v) is 18.4. The van der Waals surface area contributed by atoms with Crippen molar-refractivity contribution in [2.75, 3.05) is 31.7 Å². The van der Waals surface area contributed by atoms with Crippen molar-refractivity contribution in [3.63, 3.8) is 0 Å². The largest absolute Gasteiger partial charge is 0.490 e. The molecule has 1 aromatic heterocycles. The number of fused-ring (bicyclic) bond motifs is 1. The fourth-order valence-corrected chi connectivity index (χ4v) is 3.68. The highest BCUT2D eigenvalue weighted by Crippen LogP contribution is 2.39. The Morgan fingerprint density at radius 3 is 2.23 bits per heavy atom. The minimum atomic E-state index is -0.676. The van der Waals surface area contributed by atoms with E-state index in [0.717, 1.165) is 10.2 Å². The number of benzene rings is 2. The number of rotatable bonds is 10. The highest BCUT2D eigenvalue weighted by Gasteiger charge is 2.20. The number of esters is 1. The monoisotopic (exact) mass is 444 g/mol. The maximum atomic E-state index is 12.6. The normalized spacial score (nSPS) is 10.5. The number of para-hydroxylation sites is 1. The summed E-state index contributed by atoms with van der Waals surface area (Å²) in [4.78, 5) is 29.1. The van der Waals surface area contributed by atoms with Gasteiger partial charge in [0.25, 0.3) is 5.91 Å². The second-order valence-electron chi connectivity index (χ2n) is 6.21. The Morgan fingerprint density at radius 2 is 1.61 bits per heavy atom. The zero-order valence-electron chi connectivity index (χ0n) is 17.6. The standard InChI is InChI=1S/C22H24N2O6S/c1-4-27-16-11-14(12-17(28-5-2)20(16)29-6-3)21(26)30-13-19(25)24-22-23-15-9-7-8-10-18(15)31-22/h7-12H,4-6,13H2,1-3H3,(H,23,24,25). The molecule has 1 amide bonds. The van der Waals surface area contributed by atoms with Gasteiger partial charge in [-0.25, -0.2) is 9.78 Å². The average molecular weight is 445 g/mol. The molecular formula is C22H24N2O6S. The molecule has 1 N–H and O–H groups in total. The Bertz CT molecular complexity index is 1010. The van der Waals surface area contributed by atoms with Gasteiger partial charge in [-0.1, -0.05) is 23.5 Å². The summed E-state index contributed by atoms with van der Waals surface area (Å²) in [6.45, 7) is 6.23. The van der Waals surface area contributed by atoms with Crippen molar-refractivity contribution < 1.29 is 28.5 Å². The van der Waals surface area contributed by atoms with Gasteiger partial charge in [0.15, 0.2) is 23.2 Å². The van der Waals surface area contributed by atoms with E-state index in [2.05, 4.69) is 10.3 Å². The summed E-state index contributed by atoms with van der Waals surface area (Å²) in [6, 6.07) is 10.6. The lowest BCUT2D eigenvalue weighted by Gasteiger charge is -2.16. The highest BCUT2D eigenvalue weighted by molar-refractivity contribution is 7.22. The van der Waals surface area contributed by atoms with Gasteiger partial charge in [0.05, 0.1) is 35.6 Å². The van der Waals surface area contributed by atoms with Gasteiger partial charge < -0.3 is 18.9 Å². The van der Waals surface area contributed by atoms with Gasteiger partial charge in [-0.2, -0.15) is 0 Å². The Balaban J connectivity index is 1.69. The fourth-order valence-electron chi connectivity index (χ4n) is 2.80. The molecule has 9 heteroatoms. The number of carbonyl (C=O) groups is 2. The first-order valence-electron chi connectivity index (χ1n) is 9.94. The fraction of sp³-hybridized carbons (Fsp3) is 0.318. The molecule has 0 aliphatic carbocycles. The number of ether oxygens (including phenoxy) is 4. The molecule has 0 bridgehead atoms. The molecule has 31 heavy (non-hydrogen) atoms. The van der Waals surface area contributed by atoms with Crippen LogP contribution in [0.25, 0.3) is 10.2 Å². The summed E-state index contributed by atoms with van der Waals surface area (Å²) in [5.41, 5.74) is 0.990. The molecule has 1 heterocycles. The van der Waals surface area contributed by atoms with Gasteiger partial charge in [-0.3, -0.25) is 10.1 Å². The van der Waals surface area contributed by atoms with Gasteiger partial charge in [-0.05, 0) is 45.0 Å². The second kappa shape index (κ2) is 10.6. The van der Waals surface area contributed by atoms with Gasteiger partial charge in [0.2, 0.25) is 5.75 Å². The first-order chi connectivity index (χ1) is 15.0. The van der Waals surface area contributed by atoms with Crippen LogP contribution in [-0.4, -0.2) is 43.3 Å². The zero-order chi connectivity index (χ0) is 22.2. The maximum Gasteiger partial charge on any atom is 0.338 e. The van der Waals surface area contributed by atoms with Crippen LogP contribution in [-0.2, 0) is 9.53 Å². The molecular weight excluding hydrogens is 420 g/mol. The van der Waals surface area contributed by atoms with Crippen molar-refractivity contribution in [3.8, 4) is 17.2 Å². The predicted molar refractivity (Wildman–Crippen MR) is 118 cm³/mol. The van der Waals surface area contributed by atoms with Crippen LogP contribution in [0.4, 0.5) is 5.13 Å². The first-order valence-corrected chi connectivity index (χ1v) is 10.8.